The molecule has 0 aliphatic carbocycles. The zero-order valence-corrected chi connectivity index (χ0v) is 8.77. The van der Waals surface area contributed by atoms with E-state index < -0.39 is 32.1 Å². The van der Waals surface area contributed by atoms with Crippen molar-refractivity contribution < 1.29 is 13.3 Å². The summed E-state index contributed by atoms with van der Waals surface area (Å²) in [6.07, 6.45) is 0. The van der Waals surface area contributed by atoms with Crippen molar-refractivity contribution in [2.45, 2.75) is 4.90 Å². The number of para-hydroxylation sites is 1. The van der Waals surface area contributed by atoms with Gasteiger partial charge >= 0.3 is 0 Å². The number of nitrogens with zero attached hydrogens (tertiary/aromatic N) is 2. The molecule has 0 heterocycles. The van der Waals surface area contributed by atoms with Crippen LogP contribution in [0.25, 0.3) is 0 Å². The smallest absolute Gasteiger partial charge is 0.258 e. The van der Waals surface area contributed by atoms with Crippen LogP contribution in [0.3, 0.4) is 0 Å². The average molecular weight is 241 g/mol. The lowest BCUT2D eigenvalue weighted by atomic mass is 10.3. The molecule has 0 saturated heterocycles. The molecule has 8 heteroatoms. The summed E-state index contributed by atoms with van der Waals surface area (Å²) in [5, 5.41) is 18.8. The Morgan fingerprint density at radius 2 is 2.06 bits per heavy atom. The van der Waals surface area contributed by atoms with Crippen LogP contribution < -0.4 is 4.72 Å². The summed E-state index contributed by atoms with van der Waals surface area (Å²) in [7, 11) is -4.01. The van der Waals surface area contributed by atoms with Crippen LogP contribution in [0.1, 0.15) is 0 Å². The summed E-state index contributed by atoms with van der Waals surface area (Å²) in [5.74, 6) is 0. The zero-order chi connectivity index (χ0) is 12.2. The van der Waals surface area contributed by atoms with Gasteiger partial charge in [-0.15, -0.1) is 0 Å². The maximum absolute atomic E-state index is 11.5. The maximum Gasteiger partial charge on any atom is 0.289 e. The molecule has 0 aliphatic heterocycles. The van der Waals surface area contributed by atoms with E-state index in [1.54, 1.807) is 6.07 Å². The molecule has 0 saturated carbocycles. The number of hydrogen-bond acceptors (Lipinski definition) is 5. The molecule has 0 unspecified atom stereocenters. The summed E-state index contributed by atoms with van der Waals surface area (Å²) in [6.45, 7) is -0.436. The third kappa shape index (κ3) is 2.53. The minimum Gasteiger partial charge on any atom is -0.258 e. The lowest BCUT2D eigenvalue weighted by molar-refractivity contribution is -0.387. The highest BCUT2D eigenvalue weighted by Gasteiger charge is 2.24. The van der Waals surface area contributed by atoms with Crippen LogP contribution in [0.4, 0.5) is 5.69 Å². The standard InChI is InChI=1S/C8H7N3O4S/c9-5-6-10-16(14,15)8-4-2-1-3-7(8)11(12)13/h1-4,10H,6H2. The zero-order valence-electron chi connectivity index (χ0n) is 7.95. The highest BCUT2D eigenvalue weighted by Crippen LogP contribution is 2.22. The number of rotatable bonds is 4. The van der Waals surface area contributed by atoms with E-state index in [0.717, 1.165) is 12.1 Å². The van der Waals surface area contributed by atoms with Gasteiger partial charge < -0.3 is 0 Å². The lowest BCUT2D eigenvalue weighted by Gasteiger charge is -2.03. The summed E-state index contributed by atoms with van der Waals surface area (Å²) < 4.78 is 25.0. The number of nitriles is 1. The van der Waals surface area contributed by atoms with Gasteiger partial charge in [-0.05, 0) is 6.07 Å². The molecule has 16 heavy (non-hydrogen) atoms. The Kier molecular flexibility index (Phi) is 3.55. The Morgan fingerprint density at radius 3 is 2.62 bits per heavy atom. The summed E-state index contributed by atoms with van der Waals surface area (Å²) in [4.78, 5) is 9.35. The molecule has 1 aromatic rings. The van der Waals surface area contributed by atoms with Crippen LogP contribution in [-0.4, -0.2) is 19.9 Å². The third-order valence-corrected chi connectivity index (χ3v) is 3.14. The van der Waals surface area contributed by atoms with Gasteiger partial charge in [-0.2, -0.15) is 9.98 Å². The molecule has 1 N–H and O–H groups in total. The van der Waals surface area contributed by atoms with Crippen molar-refractivity contribution in [3.8, 4) is 6.07 Å². The van der Waals surface area contributed by atoms with Crippen LogP contribution >= 0.6 is 0 Å². The van der Waals surface area contributed by atoms with Crippen molar-refractivity contribution in [2.24, 2.45) is 0 Å². The van der Waals surface area contributed by atoms with Gasteiger partial charge in [0.15, 0.2) is 4.90 Å². The second-order valence-corrected chi connectivity index (χ2v) is 4.44. The first-order chi connectivity index (χ1) is 7.49. The van der Waals surface area contributed by atoms with Crippen molar-refractivity contribution in [2.75, 3.05) is 6.54 Å². The average Bonchev–Trinajstić information content (AvgIpc) is 2.26. The largest absolute Gasteiger partial charge is 0.289 e. The van der Waals surface area contributed by atoms with Crippen molar-refractivity contribution in [1.29, 1.82) is 5.26 Å². The molecule has 0 aliphatic rings. The van der Waals surface area contributed by atoms with E-state index in [1.807, 2.05) is 4.72 Å². The van der Waals surface area contributed by atoms with E-state index in [9.17, 15) is 18.5 Å². The number of nitrogens with one attached hydrogen (secondary N) is 1. The molecule has 0 radical (unpaired) electrons. The minimum atomic E-state index is -4.01. The van der Waals surface area contributed by atoms with Crippen molar-refractivity contribution in [1.82, 2.24) is 4.72 Å². The number of sulfonamides is 1. The van der Waals surface area contributed by atoms with E-state index in [2.05, 4.69) is 0 Å². The molecule has 0 atom stereocenters. The monoisotopic (exact) mass is 241 g/mol. The first kappa shape index (κ1) is 12.1. The minimum absolute atomic E-state index is 0.436. The fraction of sp³-hybridized carbons (Fsp3) is 0.125. The number of hydrogen-bond donors (Lipinski definition) is 1. The molecule has 0 fully saturated rings. The van der Waals surface area contributed by atoms with Gasteiger partial charge in [0.05, 0.1) is 17.5 Å². The van der Waals surface area contributed by atoms with Gasteiger partial charge in [-0.3, -0.25) is 10.1 Å². The number of nitro benzene ring substituents is 1. The molecular formula is C8H7N3O4S. The van der Waals surface area contributed by atoms with Crippen LogP contribution in [0, 0.1) is 21.4 Å². The predicted molar refractivity (Wildman–Crippen MR) is 53.9 cm³/mol. The molecule has 0 amide bonds. The van der Waals surface area contributed by atoms with Gasteiger partial charge in [0.2, 0.25) is 10.0 Å². The maximum atomic E-state index is 11.5. The van der Waals surface area contributed by atoms with Crippen molar-refractivity contribution >= 4 is 15.7 Å². The number of nitro groups is 1. The summed E-state index contributed by atoms with van der Waals surface area (Å²) >= 11 is 0. The lowest BCUT2D eigenvalue weighted by Crippen LogP contribution is -2.24. The summed E-state index contributed by atoms with van der Waals surface area (Å²) in [6, 6.07) is 6.51. The van der Waals surface area contributed by atoms with E-state index in [1.165, 1.54) is 12.1 Å². The van der Waals surface area contributed by atoms with E-state index in [4.69, 9.17) is 5.26 Å². The fourth-order valence-electron chi connectivity index (χ4n) is 1.04. The van der Waals surface area contributed by atoms with Crippen LogP contribution in [0.15, 0.2) is 29.2 Å². The molecule has 1 rings (SSSR count). The van der Waals surface area contributed by atoms with E-state index >= 15 is 0 Å². The van der Waals surface area contributed by atoms with Gasteiger partial charge in [0.1, 0.15) is 0 Å². The number of benzene rings is 1. The van der Waals surface area contributed by atoms with Crippen molar-refractivity contribution in [3.63, 3.8) is 0 Å². The summed E-state index contributed by atoms with van der Waals surface area (Å²) in [5.41, 5.74) is -0.520. The molecule has 1 aromatic carbocycles. The Balaban J connectivity index is 3.23. The van der Waals surface area contributed by atoms with E-state index in [-0.39, 0.29) is 0 Å². The Labute approximate surface area is 91.5 Å². The second-order valence-electron chi connectivity index (χ2n) is 2.71. The first-order valence-electron chi connectivity index (χ1n) is 4.09. The normalized spacial score (nSPS) is 10.7. The highest BCUT2D eigenvalue weighted by molar-refractivity contribution is 7.89. The van der Waals surface area contributed by atoms with Gasteiger partial charge in [0, 0.05) is 6.07 Å². The molecule has 0 bridgehead atoms. The molecule has 84 valence electrons. The fourth-order valence-corrected chi connectivity index (χ4v) is 2.13. The topological polar surface area (TPSA) is 113 Å². The molecule has 0 spiro atoms. The van der Waals surface area contributed by atoms with Crippen LogP contribution in [0.5, 0.6) is 0 Å². The molecular weight excluding hydrogens is 234 g/mol. The Bertz CT molecular complexity index is 547. The highest BCUT2D eigenvalue weighted by atomic mass is 32.2. The van der Waals surface area contributed by atoms with Gasteiger partial charge in [-0.1, -0.05) is 12.1 Å². The second kappa shape index (κ2) is 4.69. The Hall–Kier alpha value is -1.98. The quantitative estimate of drug-likeness (QED) is 0.465. The van der Waals surface area contributed by atoms with Gasteiger partial charge in [0.25, 0.3) is 5.69 Å². The molecule has 0 aromatic heterocycles. The molecule has 7 nitrogen and oxygen atoms in total. The van der Waals surface area contributed by atoms with Crippen LogP contribution in [-0.2, 0) is 10.0 Å². The van der Waals surface area contributed by atoms with Crippen LogP contribution in [0.2, 0.25) is 0 Å². The predicted octanol–water partition coefficient (Wildman–Crippen LogP) is 0.397. The van der Waals surface area contributed by atoms with Gasteiger partial charge in [-0.25, -0.2) is 8.42 Å². The SMILES string of the molecule is N#CCNS(=O)(=O)c1ccccc1[N+](=O)[O-]. The Morgan fingerprint density at radius 1 is 1.44 bits per heavy atom. The van der Waals surface area contributed by atoms with Crippen molar-refractivity contribution in [3.05, 3.63) is 34.4 Å². The first-order valence-corrected chi connectivity index (χ1v) is 5.57. The van der Waals surface area contributed by atoms with E-state index in [0.29, 0.717) is 0 Å². The third-order valence-electron chi connectivity index (χ3n) is 1.69.